The Balaban J connectivity index is 1.91. The van der Waals surface area contributed by atoms with Crippen LogP contribution in [0.4, 0.5) is 9.93 Å². The highest BCUT2D eigenvalue weighted by Crippen LogP contribution is 2.14. The van der Waals surface area contributed by atoms with E-state index in [2.05, 4.69) is 15.5 Å². The van der Waals surface area contributed by atoms with Gasteiger partial charge in [-0.25, -0.2) is 4.79 Å². The fourth-order valence-electron chi connectivity index (χ4n) is 1.28. The first-order valence-electron chi connectivity index (χ1n) is 4.69. The first kappa shape index (κ1) is 10.3. The number of amides is 2. The van der Waals surface area contributed by atoms with Crippen LogP contribution in [0, 0.1) is 6.92 Å². The summed E-state index contributed by atoms with van der Waals surface area (Å²) in [6, 6.07) is -0.130. The fraction of sp³-hybridized carbons (Fsp3) is 0.625. The summed E-state index contributed by atoms with van der Waals surface area (Å²) < 4.78 is 5.16. The second-order valence-electron chi connectivity index (χ2n) is 3.16. The van der Waals surface area contributed by atoms with Crippen molar-refractivity contribution in [1.29, 1.82) is 0 Å². The molecule has 1 aromatic heterocycles. The average molecular weight is 228 g/mol. The Morgan fingerprint density at radius 2 is 2.20 bits per heavy atom. The van der Waals surface area contributed by atoms with Crippen molar-refractivity contribution in [2.75, 3.05) is 31.6 Å². The topological polar surface area (TPSA) is 67.4 Å². The van der Waals surface area contributed by atoms with E-state index in [0.29, 0.717) is 31.4 Å². The highest BCUT2D eigenvalue weighted by Gasteiger charge is 2.17. The summed E-state index contributed by atoms with van der Waals surface area (Å²) in [5, 5.41) is 11.7. The van der Waals surface area contributed by atoms with Crippen LogP contribution in [0.2, 0.25) is 0 Å². The number of carbonyl (C=O) groups is 1. The number of nitrogens with zero attached hydrogens (tertiary/aromatic N) is 3. The van der Waals surface area contributed by atoms with Crippen LogP contribution in [0.25, 0.3) is 0 Å². The molecular formula is C8H12N4O2S. The third-order valence-electron chi connectivity index (χ3n) is 2.04. The zero-order chi connectivity index (χ0) is 10.7. The second-order valence-corrected chi connectivity index (χ2v) is 4.34. The molecule has 1 aliphatic heterocycles. The van der Waals surface area contributed by atoms with E-state index >= 15 is 0 Å². The molecule has 0 unspecified atom stereocenters. The summed E-state index contributed by atoms with van der Waals surface area (Å²) in [5.74, 6) is 0. The molecule has 1 saturated heterocycles. The molecule has 0 bridgehead atoms. The molecule has 0 radical (unpaired) electrons. The number of nitrogens with one attached hydrogen (secondary N) is 1. The third kappa shape index (κ3) is 2.63. The van der Waals surface area contributed by atoms with Crippen molar-refractivity contribution in [3.63, 3.8) is 0 Å². The number of urea groups is 1. The molecule has 82 valence electrons. The van der Waals surface area contributed by atoms with Crippen LogP contribution in [0.3, 0.4) is 0 Å². The van der Waals surface area contributed by atoms with E-state index in [9.17, 15) is 4.79 Å². The number of hydrogen-bond donors (Lipinski definition) is 1. The largest absolute Gasteiger partial charge is 0.378 e. The number of aryl methyl sites for hydroxylation is 1. The van der Waals surface area contributed by atoms with Gasteiger partial charge in [-0.3, -0.25) is 5.32 Å². The van der Waals surface area contributed by atoms with Crippen molar-refractivity contribution < 1.29 is 9.53 Å². The fourth-order valence-corrected chi connectivity index (χ4v) is 1.87. The van der Waals surface area contributed by atoms with Gasteiger partial charge in [-0.15, -0.1) is 10.2 Å². The molecular weight excluding hydrogens is 216 g/mol. The monoisotopic (exact) mass is 228 g/mol. The van der Waals surface area contributed by atoms with E-state index in [0.717, 1.165) is 5.01 Å². The smallest absolute Gasteiger partial charge is 0.323 e. The van der Waals surface area contributed by atoms with Crippen LogP contribution < -0.4 is 5.32 Å². The quantitative estimate of drug-likeness (QED) is 0.768. The Kier molecular flexibility index (Phi) is 3.12. The van der Waals surface area contributed by atoms with Crippen LogP contribution in [-0.4, -0.2) is 47.4 Å². The van der Waals surface area contributed by atoms with Gasteiger partial charge in [0.2, 0.25) is 5.13 Å². The van der Waals surface area contributed by atoms with Gasteiger partial charge in [0.05, 0.1) is 13.2 Å². The van der Waals surface area contributed by atoms with E-state index < -0.39 is 0 Å². The first-order valence-corrected chi connectivity index (χ1v) is 5.51. The minimum Gasteiger partial charge on any atom is -0.378 e. The molecule has 2 heterocycles. The maximum Gasteiger partial charge on any atom is 0.323 e. The zero-order valence-electron chi connectivity index (χ0n) is 8.39. The summed E-state index contributed by atoms with van der Waals surface area (Å²) in [6.45, 7) is 4.31. The number of carbonyl (C=O) groups excluding carboxylic acids is 1. The lowest BCUT2D eigenvalue weighted by Crippen LogP contribution is -2.43. The van der Waals surface area contributed by atoms with E-state index in [4.69, 9.17) is 4.74 Å². The summed E-state index contributed by atoms with van der Waals surface area (Å²) in [4.78, 5) is 13.4. The number of ether oxygens (including phenoxy) is 1. The highest BCUT2D eigenvalue weighted by molar-refractivity contribution is 7.15. The van der Waals surface area contributed by atoms with E-state index in [1.807, 2.05) is 6.92 Å². The molecule has 0 saturated carbocycles. The third-order valence-corrected chi connectivity index (χ3v) is 2.79. The summed E-state index contributed by atoms with van der Waals surface area (Å²) in [6.07, 6.45) is 0. The van der Waals surface area contributed by atoms with Gasteiger partial charge in [0, 0.05) is 13.1 Å². The number of rotatable bonds is 1. The lowest BCUT2D eigenvalue weighted by atomic mass is 10.4. The predicted molar refractivity (Wildman–Crippen MR) is 56.1 cm³/mol. The molecule has 0 spiro atoms. The van der Waals surface area contributed by atoms with Crippen LogP contribution in [-0.2, 0) is 4.74 Å². The summed E-state index contributed by atoms with van der Waals surface area (Å²) >= 11 is 1.37. The van der Waals surface area contributed by atoms with Crippen molar-refractivity contribution in [1.82, 2.24) is 15.1 Å². The van der Waals surface area contributed by atoms with Crippen molar-refractivity contribution in [3.8, 4) is 0 Å². The van der Waals surface area contributed by atoms with Crippen molar-refractivity contribution >= 4 is 22.5 Å². The lowest BCUT2D eigenvalue weighted by molar-refractivity contribution is 0.0564. The second kappa shape index (κ2) is 4.54. The first-order chi connectivity index (χ1) is 7.25. The molecule has 1 aromatic rings. The summed E-state index contributed by atoms with van der Waals surface area (Å²) in [7, 11) is 0. The zero-order valence-corrected chi connectivity index (χ0v) is 9.21. The Bertz CT molecular complexity index is 348. The van der Waals surface area contributed by atoms with Gasteiger partial charge in [-0.2, -0.15) is 0 Å². The molecule has 1 fully saturated rings. The maximum absolute atomic E-state index is 11.7. The molecule has 2 rings (SSSR count). The molecule has 0 aromatic carbocycles. The average Bonchev–Trinajstić information content (AvgIpc) is 2.65. The van der Waals surface area contributed by atoms with Gasteiger partial charge < -0.3 is 9.64 Å². The van der Waals surface area contributed by atoms with E-state index in [1.165, 1.54) is 11.3 Å². The van der Waals surface area contributed by atoms with E-state index in [1.54, 1.807) is 4.90 Å². The van der Waals surface area contributed by atoms with Crippen molar-refractivity contribution in [2.24, 2.45) is 0 Å². The van der Waals surface area contributed by atoms with Crippen LogP contribution in [0.5, 0.6) is 0 Å². The van der Waals surface area contributed by atoms with Gasteiger partial charge in [0.15, 0.2) is 0 Å². The molecule has 7 heteroatoms. The maximum atomic E-state index is 11.7. The van der Waals surface area contributed by atoms with Crippen molar-refractivity contribution in [2.45, 2.75) is 6.92 Å². The molecule has 1 aliphatic rings. The SMILES string of the molecule is Cc1nnc(NC(=O)N2CCOCC2)s1. The van der Waals surface area contributed by atoms with Gasteiger partial charge >= 0.3 is 6.03 Å². The minimum absolute atomic E-state index is 0.130. The summed E-state index contributed by atoms with van der Waals surface area (Å²) in [5.41, 5.74) is 0. The molecule has 15 heavy (non-hydrogen) atoms. The van der Waals surface area contributed by atoms with Crippen LogP contribution in [0.15, 0.2) is 0 Å². The van der Waals surface area contributed by atoms with E-state index in [-0.39, 0.29) is 6.03 Å². The van der Waals surface area contributed by atoms with Crippen LogP contribution >= 0.6 is 11.3 Å². The number of hydrogen-bond acceptors (Lipinski definition) is 5. The van der Waals surface area contributed by atoms with Gasteiger partial charge in [0.1, 0.15) is 5.01 Å². The van der Waals surface area contributed by atoms with Gasteiger partial charge in [-0.1, -0.05) is 11.3 Å². The van der Waals surface area contributed by atoms with Crippen molar-refractivity contribution in [3.05, 3.63) is 5.01 Å². The Labute approximate surface area is 91.2 Å². The normalized spacial score (nSPS) is 16.5. The molecule has 1 N–H and O–H groups in total. The van der Waals surface area contributed by atoms with Crippen LogP contribution in [0.1, 0.15) is 5.01 Å². The number of anilines is 1. The predicted octanol–water partition coefficient (Wildman–Crippen LogP) is 0.711. The molecule has 2 amide bonds. The highest BCUT2D eigenvalue weighted by atomic mass is 32.1. The number of morpholine rings is 1. The molecule has 0 atom stereocenters. The lowest BCUT2D eigenvalue weighted by Gasteiger charge is -2.26. The standard InChI is InChI=1S/C8H12N4O2S/c1-6-10-11-7(15-6)9-8(13)12-2-4-14-5-3-12/h2-5H2,1H3,(H,9,11,13). The van der Waals surface area contributed by atoms with Gasteiger partial charge in [-0.05, 0) is 6.92 Å². The minimum atomic E-state index is -0.130. The molecule has 6 nitrogen and oxygen atoms in total. The Hall–Kier alpha value is -1.21. The Morgan fingerprint density at radius 3 is 2.80 bits per heavy atom. The Morgan fingerprint density at radius 1 is 1.47 bits per heavy atom. The number of aromatic nitrogens is 2. The molecule has 0 aliphatic carbocycles. The van der Waals surface area contributed by atoms with Gasteiger partial charge in [0.25, 0.3) is 0 Å².